The summed E-state index contributed by atoms with van der Waals surface area (Å²) in [6, 6.07) is 1.76. The molecule has 1 saturated heterocycles. The van der Waals surface area contributed by atoms with Crippen molar-refractivity contribution >= 4 is 33.4 Å². The quantitative estimate of drug-likeness (QED) is 0.811. The number of amides is 2. The Morgan fingerprint density at radius 1 is 1.38 bits per heavy atom. The van der Waals surface area contributed by atoms with Gasteiger partial charge in [0.1, 0.15) is 11.9 Å². The van der Waals surface area contributed by atoms with Gasteiger partial charge < -0.3 is 16.0 Å². The van der Waals surface area contributed by atoms with E-state index < -0.39 is 17.8 Å². The van der Waals surface area contributed by atoms with E-state index in [0.29, 0.717) is 4.47 Å². The number of nitrogens with one attached hydrogen (secondary N) is 1. The molecule has 1 aliphatic rings. The van der Waals surface area contributed by atoms with Crippen molar-refractivity contribution in [2.75, 3.05) is 18.8 Å². The second-order valence-electron chi connectivity index (χ2n) is 5.08. The molecule has 0 spiro atoms. The number of hydrogen-bond donors (Lipinski definition) is 2. The Morgan fingerprint density at radius 2 is 2.00 bits per heavy atom. The summed E-state index contributed by atoms with van der Waals surface area (Å²) in [5, 5.41) is 2.62. The topological polar surface area (TPSA) is 75.4 Å². The highest BCUT2D eigenvalue weighted by molar-refractivity contribution is 9.10. The molecule has 5 nitrogen and oxygen atoms in total. The summed E-state index contributed by atoms with van der Waals surface area (Å²) >= 11 is 3.12. The lowest BCUT2D eigenvalue weighted by Gasteiger charge is -2.21. The zero-order valence-electron chi connectivity index (χ0n) is 11.7. The highest BCUT2D eigenvalue weighted by Crippen LogP contribution is 2.23. The highest BCUT2D eigenvalue weighted by atomic mass is 79.9. The molecule has 0 bridgehead atoms. The van der Waals surface area contributed by atoms with Crippen molar-refractivity contribution in [1.82, 2.24) is 10.2 Å². The van der Waals surface area contributed by atoms with E-state index in [1.165, 1.54) is 6.07 Å². The molecule has 1 atom stereocenters. The van der Waals surface area contributed by atoms with Crippen molar-refractivity contribution in [1.29, 1.82) is 0 Å². The summed E-state index contributed by atoms with van der Waals surface area (Å²) in [5.74, 6) is -1.17. The first-order chi connectivity index (χ1) is 9.90. The molecule has 1 fully saturated rings. The first-order valence-electron chi connectivity index (χ1n) is 6.74. The van der Waals surface area contributed by atoms with Gasteiger partial charge in [-0.2, -0.15) is 0 Å². The van der Waals surface area contributed by atoms with Crippen LogP contribution in [0, 0.1) is 5.82 Å². The van der Waals surface area contributed by atoms with Crippen molar-refractivity contribution in [2.24, 2.45) is 0 Å². The fraction of sp³-hybridized carbons (Fsp3) is 0.429. The smallest absolute Gasteiger partial charge is 0.253 e. The van der Waals surface area contributed by atoms with Crippen molar-refractivity contribution in [3.05, 3.63) is 28.0 Å². The minimum Gasteiger partial charge on any atom is -0.396 e. The van der Waals surface area contributed by atoms with Crippen molar-refractivity contribution in [3.63, 3.8) is 0 Å². The number of halogens is 2. The Labute approximate surface area is 130 Å². The summed E-state index contributed by atoms with van der Waals surface area (Å²) in [5.41, 5.74) is 5.56. The highest BCUT2D eigenvalue weighted by Gasteiger charge is 2.25. The number of carbonyl (C=O) groups excluding carboxylic acids is 2. The Hall–Kier alpha value is -1.63. The van der Waals surface area contributed by atoms with Gasteiger partial charge in [0, 0.05) is 17.6 Å². The third-order valence-corrected chi connectivity index (χ3v) is 4.12. The zero-order valence-corrected chi connectivity index (χ0v) is 13.2. The maximum Gasteiger partial charge on any atom is 0.253 e. The minimum atomic E-state index is -0.631. The number of benzene rings is 1. The fourth-order valence-electron chi connectivity index (χ4n) is 2.29. The maximum absolute atomic E-state index is 13.3. The number of nitrogen functional groups attached to an aromatic ring is 1. The molecule has 1 heterocycles. The van der Waals surface area contributed by atoms with Crippen LogP contribution in [0.1, 0.15) is 30.1 Å². The standard InChI is InChI=1S/C14H17BrFN3O2/c1-8(14(21)19-4-2-3-5-19)18-13(20)9-6-12(17)11(16)7-10(9)15/h6-8H,2-5,17H2,1H3,(H,18,20). The van der Waals surface area contributed by atoms with Gasteiger partial charge in [0.25, 0.3) is 5.91 Å². The molecule has 1 aromatic rings. The summed E-state index contributed by atoms with van der Waals surface area (Å²) in [4.78, 5) is 26.0. The molecule has 21 heavy (non-hydrogen) atoms. The predicted molar refractivity (Wildman–Crippen MR) is 81.3 cm³/mol. The van der Waals surface area contributed by atoms with Crippen LogP contribution >= 0.6 is 15.9 Å². The molecule has 0 aliphatic carbocycles. The normalized spacial score (nSPS) is 15.9. The van der Waals surface area contributed by atoms with Crippen LogP contribution in [0.5, 0.6) is 0 Å². The monoisotopic (exact) mass is 357 g/mol. The van der Waals surface area contributed by atoms with Gasteiger partial charge in [0.05, 0.1) is 11.3 Å². The largest absolute Gasteiger partial charge is 0.396 e. The first kappa shape index (κ1) is 15.8. The summed E-state index contributed by atoms with van der Waals surface area (Å²) < 4.78 is 13.6. The van der Waals surface area contributed by atoms with Crippen LogP contribution in [-0.4, -0.2) is 35.8 Å². The predicted octanol–water partition coefficient (Wildman–Crippen LogP) is 1.91. The molecule has 3 N–H and O–H groups in total. The first-order valence-corrected chi connectivity index (χ1v) is 7.53. The Kier molecular flexibility index (Phi) is 4.82. The lowest BCUT2D eigenvalue weighted by Crippen LogP contribution is -2.46. The third-order valence-electron chi connectivity index (χ3n) is 3.47. The van der Waals surface area contributed by atoms with E-state index in [9.17, 15) is 14.0 Å². The van der Waals surface area contributed by atoms with Crippen molar-refractivity contribution in [2.45, 2.75) is 25.8 Å². The van der Waals surface area contributed by atoms with Gasteiger partial charge in [-0.1, -0.05) is 0 Å². The van der Waals surface area contributed by atoms with Gasteiger partial charge in [-0.25, -0.2) is 4.39 Å². The molecule has 1 aliphatic heterocycles. The molecule has 7 heteroatoms. The number of rotatable bonds is 3. The number of nitrogens with two attached hydrogens (primary N) is 1. The molecular formula is C14H17BrFN3O2. The van der Waals surface area contributed by atoms with Crippen LogP contribution in [0.4, 0.5) is 10.1 Å². The van der Waals surface area contributed by atoms with Crippen LogP contribution in [0.3, 0.4) is 0 Å². The SMILES string of the molecule is CC(NC(=O)c1cc(N)c(F)cc1Br)C(=O)N1CCCC1. The molecule has 0 radical (unpaired) electrons. The van der Waals surface area contributed by atoms with Gasteiger partial charge >= 0.3 is 0 Å². The molecule has 2 rings (SSSR count). The van der Waals surface area contributed by atoms with E-state index in [-0.39, 0.29) is 17.2 Å². The van der Waals surface area contributed by atoms with E-state index in [2.05, 4.69) is 21.2 Å². The molecular weight excluding hydrogens is 341 g/mol. The summed E-state index contributed by atoms with van der Waals surface area (Å²) in [6.07, 6.45) is 1.99. The fourth-order valence-corrected chi connectivity index (χ4v) is 2.78. The van der Waals surface area contributed by atoms with Crippen molar-refractivity contribution < 1.29 is 14.0 Å². The Balaban J connectivity index is 2.07. The second kappa shape index (κ2) is 6.43. The third kappa shape index (κ3) is 3.53. The Morgan fingerprint density at radius 3 is 2.62 bits per heavy atom. The average Bonchev–Trinajstić information content (AvgIpc) is 2.95. The lowest BCUT2D eigenvalue weighted by atomic mass is 10.1. The van der Waals surface area contributed by atoms with E-state index in [1.54, 1.807) is 11.8 Å². The number of anilines is 1. The molecule has 0 saturated carbocycles. The molecule has 114 valence electrons. The maximum atomic E-state index is 13.3. The average molecular weight is 358 g/mol. The van der Waals surface area contributed by atoms with Gasteiger partial charge in [-0.15, -0.1) is 0 Å². The van der Waals surface area contributed by atoms with Crippen LogP contribution in [0.15, 0.2) is 16.6 Å². The summed E-state index contributed by atoms with van der Waals surface area (Å²) in [7, 11) is 0. The zero-order chi connectivity index (χ0) is 15.6. The van der Waals surface area contributed by atoms with Gasteiger partial charge in [0.2, 0.25) is 5.91 Å². The second-order valence-corrected chi connectivity index (χ2v) is 5.94. The lowest BCUT2D eigenvalue weighted by molar-refractivity contribution is -0.131. The van der Waals surface area contributed by atoms with Crippen molar-refractivity contribution in [3.8, 4) is 0 Å². The minimum absolute atomic E-state index is 0.105. The number of nitrogens with zero attached hydrogens (tertiary/aromatic N) is 1. The summed E-state index contributed by atoms with van der Waals surface area (Å²) in [6.45, 7) is 3.10. The van der Waals surface area contributed by atoms with Gasteiger partial charge in [-0.3, -0.25) is 9.59 Å². The van der Waals surface area contributed by atoms with Crippen LogP contribution in [0.2, 0.25) is 0 Å². The molecule has 1 unspecified atom stereocenters. The van der Waals surface area contributed by atoms with Crippen LogP contribution in [-0.2, 0) is 4.79 Å². The van der Waals surface area contributed by atoms with Gasteiger partial charge in [0.15, 0.2) is 0 Å². The number of carbonyl (C=O) groups is 2. The van der Waals surface area contributed by atoms with E-state index in [4.69, 9.17) is 5.73 Å². The van der Waals surface area contributed by atoms with E-state index in [0.717, 1.165) is 32.0 Å². The van der Waals surface area contributed by atoms with Gasteiger partial charge in [-0.05, 0) is 47.8 Å². The number of likely N-dealkylation sites (tertiary alicyclic amines) is 1. The number of hydrogen-bond acceptors (Lipinski definition) is 3. The molecule has 2 amide bonds. The molecule has 1 aromatic carbocycles. The Bertz CT molecular complexity index is 574. The van der Waals surface area contributed by atoms with E-state index >= 15 is 0 Å². The van der Waals surface area contributed by atoms with E-state index in [1.807, 2.05) is 0 Å². The molecule has 0 aromatic heterocycles. The van der Waals surface area contributed by atoms with Crippen LogP contribution < -0.4 is 11.1 Å². The van der Waals surface area contributed by atoms with Crippen LogP contribution in [0.25, 0.3) is 0 Å².